The molecule has 2 atom stereocenters. The minimum Gasteiger partial charge on any atom is -0.471 e. The van der Waals surface area contributed by atoms with Crippen molar-refractivity contribution in [3.8, 4) is 5.75 Å². The summed E-state index contributed by atoms with van der Waals surface area (Å²) in [6.07, 6.45) is 0.310. The molecule has 3 amide bonds. The molecule has 34 heavy (non-hydrogen) atoms. The molecule has 0 spiro atoms. The van der Waals surface area contributed by atoms with Crippen LogP contribution < -0.4 is 10.1 Å². The summed E-state index contributed by atoms with van der Waals surface area (Å²) in [4.78, 5) is 41.1. The molecule has 0 saturated carbocycles. The molecule has 9 heteroatoms. The molecule has 0 aromatic heterocycles. The summed E-state index contributed by atoms with van der Waals surface area (Å²) in [5, 5.41) is 3.15. The monoisotopic (exact) mass is 543 g/mol. The lowest BCUT2D eigenvalue weighted by atomic mass is 10.0. The molecule has 0 aliphatic carbocycles. The fraction of sp³-hybridized carbons (Fsp3) is 0.400. The number of imide groups is 1. The summed E-state index contributed by atoms with van der Waals surface area (Å²) in [5.41, 5.74) is 3.62. The fourth-order valence-electron chi connectivity index (χ4n) is 4.72. The van der Waals surface area contributed by atoms with Crippen LogP contribution in [0.2, 0.25) is 0 Å². The first-order chi connectivity index (χ1) is 16.5. The Hall–Kier alpha value is -2.36. The van der Waals surface area contributed by atoms with E-state index < -0.39 is 11.9 Å². The number of halogens is 1. The van der Waals surface area contributed by atoms with Crippen LogP contribution in [0, 0.1) is 0 Å². The summed E-state index contributed by atoms with van der Waals surface area (Å²) in [6.45, 7) is 2.14. The summed E-state index contributed by atoms with van der Waals surface area (Å²) in [6, 6.07) is 13.3. The van der Waals surface area contributed by atoms with Gasteiger partial charge in [0.2, 0.25) is 11.8 Å². The Balaban J connectivity index is 1.43. The zero-order valence-corrected chi connectivity index (χ0v) is 21.1. The molecule has 2 saturated heterocycles. The summed E-state index contributed by atoms with van der Waals surface area (Å²) in [5.74, 6) is 1.87. The molecule has 2 aromatic carbocycles. The lowest BCUT2D eigenvalue weighted by Gasteiger charge is -2.35. The number of piperidine rings is 1. The van der Waals surface area contributed by atoms with Gasteiger partial charge in [-0.15, -0.1) is 0 Å². The maximum Gasteiger partial charge on any atom is 0.255 e. The summed E-state index contributed by atoms with van der Waals surface area (Å²) in [7, 11) is 0. The maximum atomic E-state index is 13.2. The van der Waals surface area contributed by atoms with Gasteiger partial charge in [0, 0.05) is 53.0 Å². The molecule has 1 N–H and O–H groups in total. The highest BCUT2D eigenvalue weighted by molar-refractivity contribution is 9.08. The van der Waals surface area contributed by atoms with Gasteiger partial charge in [-0.3, -0.25) is 24.6 Å². The number of nitrogens with zero attached hydrogens (tertiary/aromatic N) is 2. The van der Waals surface area contributed by atoms with Gasteiger partial charge < -0.3 is 9.64 Å². The third-order valence-corrected chi connectivity index (χ3v) is 8.16. The molecule has 3 heterocycles. The normalized spacial score (nSPS) is 21.9. The first-order valence-corrected chi connectivity index (χ1v) is 13.7. The van der Waals surface area contributed by atoms with Crippen molar-refractivity contribution in [2.75, 3.05) is 24.6 Å². The van der Waals surface area contributed by atoms with Crippen LogP contribution in [0.25, 0.3) is 0 Å². The molecule has 2 fully saturated rings. The topological polar surface area (TPSA) is 79.0 Å². The van der Waals surface area contributed by atoms with Gasteiger partial charge in [0.15, 0.2) is 6.23 Å². The molecule has 178 valence electrons. The highest BCUT2D eigenvalue weighted by Crippen LogP contribution is 2.37. The van der Waals surface area contributed by atoms with E-state index in [9.17, 15) is 14.4 Å². The first-order valence-electron chi connectivity index (χ1n) is 11.4. The molecule has 5 rings (SSSR count). The van der Waals surface area contributed by atoms with Crippen molar-refractivity contribution in [1.29, 1.82) is 0 Å². The predicted octanol–water partition coefficient (Wildman–Crippen LogP) is 3.47. The molecule has 0 bridgehead atoms. The van der Waals surface area contributed by atoms with Crippen molar-refractivity contribution >= 4 is 45.4 Å². The van der Waals surface area contributed by atoms with Gasteiger partial charge in [-0.25, -0.2) is 0 Å². The average Bonchev–Trinajstić information content (AvgIpc) is 3.20. The van der Waals surface area contributed by atoms with Crippen molar-refractivity contribution in [3.63, 3.8) is 0 Å². The van der Waals surface area contributed by atoms with E-state index in [1.54, 1.807) is 11.0 Å². The fourth-order valence-corrected chi connectivity index (χ4v) is 6.03. The number of alkyl halides is 1. The first kappa shape index (κ1) is 23.4. The standard InChI is InChI=1S/C25H26BrN3O4S/c26-14-16-4-6-17(7-5-16)25(28-10-12-34-13-11-28)33-21-3-1-2-18-19(21)15-29(24(18)32)20-8-9-22(30)27-23(20)31/h1-7,20,25H,8-15H2,(H,27,30,31). The largest absolute Gasteiger partial charge is 0.471 e. The number of hydrogen-bond acceptors (Lipinski definition) is 6. The number of amides is 3. The molecule has 2 aromatic rings. The third kappa shape index (κ3) is 4.61. The van der Waals surface area contributed by atoms with Gasteiger partial charge in [0.1, 0.15) is 11.8 Å². The van der Waals surface area contributed by atoms with E-state index in [4.69, 9.17) is 4.74 Å². The van der Waals surface area contributed by atoms with E-state index in [-0.39, 0.29) is 24.5 Å². The predicted molar refractivity (Wildman–Crippen MR) is 134 cm³/mol. The van der Waals surface area contributed by atoms with Crippen LogP contribution >= 0.6 is 27.7 Å². The number of nitrogens with one attached hydrogen (secondary N) is 1. The Bertz CT molecular complexity index is 1100. The van der Waals surface area contributed by atoms with Crippen molar-refractivity contribution in [3.05, 3.63) is 64.7 Å². The Morgan fingerprint density at radius 2 is 1.85 bits per heavy atom. The van der Waals surface area contributed by atoms with E-state index in [1.165, 1.54) is 5.56 Å². The summed E-state index contributed by atoms with van der Waals surface area (Å²) >= 11 is 5.45. The molecular formula is C25H26BrN3O4S. The van der Waals surface area contributed by atoms with Gasteiger partial charge in [-0.2, -0.15) is 11.8 Å². The van der Waals surface area contributed by atoms with Gasteiger partial charge in [-0.1, -0.05) is 46.3 Å². The van der Waals surface area contributed by atoms with Crippen molar-refractivity contribution < 1.29 is 19.1 Å². The van der Waals surface area contributed by atoms with Gasteiger partial charge >= 0.3 is 0 Å². The van der Waals surface area contributed by atoms with Crippen LogP contribution in [0.1, 0.15) is 46.1 Å². The van der Waals surface area contributed by atoms with Crippen molar-refractivity contribution in [2.45, 2.75) is 37.0 Å². The van der Waals surface area contributed by atoms with E-state index >= 15 is 0 Å². The van der Waals surface area contributed by atoms with E-state index in [0.29, 0.717) is 24.3 Å². The minimum atomic E-state index is -0.642. The van der Waals surface area contributed by atoms with Crippen LogP contribution in [-0.2, 0) is 21.5 Å². The van der Waals surface area contributed by atoms with Gasteiger partial charge in [-0.05, 0) is 24.1 Å². The van der Waals surface area contributed by atoms with Crippen LogP contribution in [0.15, 0.2) is 42.5 Å². The second-order valence-corrected chi connectivity index (χ2v) is 10.5. The number of carbonyl (C=O) groups is 3. The van der Waals surface area contributed by atoms with E-state index in [1.807, 2.05) is 23.9 Å². The number of fused-ring (bicyclic) bond motifs is 1. The Morgan fingerprint density at radius 1 is 1.09 bits per heavy atom. The van der Waals surface area contributed by atoms with Crippen molar-refractivity contribution in [1.82, 2.24) is 15.1 Å². The van der Waals surface area contributed by atoms with Gasteiger partial charge in [0.05, 0.1) is 6.54 Å². The molecule has 3 aliphatic heterocycles. The van der Waals surface area contributed by atoms with Crippen molar-refractivity contribution in [2.24, 2.45) is 0 Å². The van der Waals surface area contributed by atoms with Crippen LogP contribution in [0.4, 0.5) is 0 Å². The number of thioether (sulfide) groups is 1. The molecule has 3 aliphatic rings. The third-order valence-electron chi connectivity index (χ3n) is 6.57. The second-order valence-electron chi connectivity index (χ2n) is 8.68. The lowest BCUT2D eigenvalue weighted by Crippen LogP contribution is -2.52. The Labute approximate surface area is 211 Å². The van der Waals surface area contributed by atoms with E-state index in [2.05, 4.69) is 50.4 Å². The highest BCUT2D eigenvalue weighted by atomic mass is 79.9. The molecule has 7 nitrogen and oxygen atoms in total. The molecule has 0 radical (unpaired) electrons. The zero-order valence-electron chi connectivity index (χ0n) is 18.7. The maximum absolute atomic E-state index is 13.2. The molecular weight excluding hydrogens is 518 g/mol. The Kier molecular flexibility index (Phi) is 6.94. The minimum absolute atomic E-state index is 0.192. The van der Waals surface area contributed by atoms with Crippen LogP contribution in [0.3, 0.4) is 0 Å². The quantitative estimate of drug-likeness (QED) is 0.444. The lowest BCUT2D eigenvalue weighted by molar-refractivity contribution is -0.136. The summed E-state index contributed by atoms with van der Waals surface area (Å²) < 4.78 is 6.66. The average molecular weight is 544 g/mol. The number of rotatable bonds is 6. The SMILES string of the molecule is O=C1CCC(N2Cc3c(OC(c4ccc(CBr)cc4)N4CCSCC4)cccc3C2=O)C(=O)N1. The highest BCUT2D eigenvalue weighted by Gasteiger charge is 2.40. The number of carbonyl (C=O) groups excluding carboxylic acids is 3. The van der Waals surface area contributed by atoms with Crippen LogP contribution in [0.5, 0.6) is 5.75 Å². The van der Waals surface area contributed by atoms with E-state index in [0.717, 1.165) is 41.1 Å². The smallest absolute Gasteiger partial charge is 0.255 e. The number of benzene rings is 2. The number of hydrogen-bond donors (Lipinski definition) is 1. The van der Waals surface area contributed by atoms with Crippen LogP contribution in [-0.4, -0.2) is 58.2 Å². The number of ether oxygens (including phenoxy) is 1. The Morgan fingerprint density at radius 3 is 2.56 bits per heavy atom. The second kappa shape index (κ2) is 10.1. The zero-order chi connectivity index (χ0) is 23.7. The van der Waals surface area contributed by atoms with Gasteiger partial charge in [0.25, 0.3) is 5.91 Å². The molecule has 2 unspecified atom stereocenters.